The van der Waals surface area contributed by atoms with Crippen LogP contribution in [0, 0.1) is 0 Å². The number of thiophene rings is 1. The van der Waals surface area contributed by atoms with Gasteiger partial charge >= 0.3 is 0 Å². The van der Waals surface area contributed by atoms with Crippen LogP contribution in [0.2, 0.25) is 0 Å². The molecule has 1 N–H and O–H groups in total. The predicted octanol–water partition coefficient (Wildman–Crippen LogP) is 2.05. The van der Waals surface area contributed by atoms with E-state index < -0.39 is 10.0 Å². The van der Waals surface area contributed by atoms with Gasteiger partial charge < -0.3 is 4.98 Å². The Morgan fingerprint density at radius 3 is 2.88 bits per heavy atom. The number of imidazole rings is 1. The van der Waals surface area contributed by atoms with E-state index in [0.717, 1.165) is 0 Å². The molecule has 0 saturated carbocycles. The zero-order valence-electron chi connectivity index (χ0n) is 8.92. The molecule has 0 fully saturated rings. The molecule has 17 heavy (non-hydrogen) atoms. The number of aromatic nitrogens is 2. The van der Waals surface area contributed by atoms with Gasteiger partial charge in [-0.15, -0.1) is 11.3 Å². The number of hydrogen-bond donors (Lipinski definition) is 1. The van der Waals surface area contributed by atoms with Crippen LogP contribution in [0.5, 0.6) is 0 Å². The first-order valence-corrected chi connectivity index (χ1v) is 7.80. The summed E-state index contributed by atoms with van der Waals surface area (Å²) in [5.41, 5.74) is 0. The van der Waals surface area contributed by atoms with E-state index in [0.29, 0.717) is 14.5 Å². The van der Waals surface area contributed by atoms with Gasteiger partial charge in [0.05, 0.1) is 6.54 Å². The topological polar surface area (TPSA) is 66.1 Å². The molecule has 8 heteroatoms. The average molecular weight is 336 g/mol. The molecule has 0 aliphatic heterocycles. The van der Waals surface area contributed by atoms with Crippen molar-refractivity contribution in [3.05, 3.63) is 34.1 Å². The molecule has 2 rings (SSSR count). The summed E-state index contributed by atoms with van der Waals surface area (Å²) in [6, 6.07) is 1.72. The SMILES string of the molecule is CN(Cc1ncc[nH]1)S(=O)(=O)c1sccc1Br. The van der Waals surface area contributed by atoms with Crippen molar-refractivity contribution in [3.8, 4) is 0 Å². The van der Waals surface area contributed by atoms with Crippen LogP contribution in [0.25, 0.3) is 0 Å². The molecule has 0 aliphatic carbocycles. The van der Waals surface area contributed by atoms with E-state index in [1.807, 2.05) is 0 Å². The number of H-pyrrole nitrogens is 1. The van der Waals surface area contributed by atoms with Crippen LogP contribution in [0.1, 0.15) is 5.82 Å². The number of sulfonamides is 1. The zero-order valence-corrected chi connectivity index (χ0v) is 12.1. The Balaban J connectivity index is 2.25. The Bertz CT molecular complexity index is 592. The summed E-state index contributed by atoms with van der Waals surface area (Å²) in [7, 11) is -1.93. The van der Waals surface area contributed by atoms with Crippen molar-refractivity contribution < 1.29 is 8.42 Å². The highest BCUT2D eigenvalue weighted by Gasteiger charge is 2.25. The van der Waals surface area contributed by atoms with E-state index >= 15 is 0 Å². The quantitative estimate of drug-likeness (QED) is 0.929. The molecule has 0 aromatic carbocycles. The molecule has 0 saturated heterocycles. The van der Waals surface area contributed by atoms with Crippen molar-refractivity contribution in [1.29, 1.82) is 0 Å². The Morgan fingerprint density at radius 2 is 2.35 bits per heavy atom. The summed E-state index contributed by atoms with van der Waals surface area (Å²) in [6.07, 6.45) is 3.26. The fourth-order valence-electron chi connectivity index (χ4n) is 1.29. The van der Waals surface area contributed by atoms with E-state index in [2.05, 4.69) is 25.9 Å². The van der Waals surface area contributed by atoms with Crippen molar-refractivity contribution in [2.45, 2.75) is 10.8 Å². The van der Waals surface area contributed by atoms with Crippen LogP contribution in [0.3, 0.4) is 0 Å². The number of nitrogens with one attached hydrogen (secondary N) is 1. The molecule has 0 unspecified atom stereocenters. The molecule has 0 atom stereocenters. The third kappa shape index (κ3) is 2.59. The molecule has 0 spiro atoms. The highest BCUT2D eigenvalue weighted by Crippen LogP contribution is 2.30. The first-order chi connectivity index (χ1) is 8.01. The molecule has 0 amide bonds. The van der Waals surface area contributed by atoms with Crippen molar-refractivity contribution in [2.24, 2.45) is 0 Å². The van der Waals surface area contributed by atoms with E-state index in [1.54, 1.807) is 23.8 Å². The van der Waals surface area contributed by atoms with E-state index in [1.165, 1.54) is 22.7 Å². The van der Waals surface area contributed by atoms with Crippen LogP contribution in [0.4, 0.5) is 0 Å². The van der Waals surface area contributed by atoms with Gasteiger partial charge in [0.15, 0.2) is 0 Å². The predicted molar refractivity (Wildman–Crippen MR) is 69.3 cm³/mol. The average Bonchev–Trinajstić information content (AvgIpc) is 2.89. The van der Waals surface area contributed by atoms with Gasteiger partial charge in [-0.3, -0.25) is 0 Å². The number of halogens is 1. The van der Waals surface area contributed by atoms with Crippen LogP contribution >= 0.6 is 27.3 Å². The standard InChI is InChI=1S/C9H10BrN3O2S2/c1-13(6-8-11-3-4-12-8)17(14,15)9-7(10)2-5-16-9/h2-5H,6H2,1H3,(H,11,12). The number of nitrogens with zero attached hydrogens (tertiary/aromatic N) is 2. The van der Waals surface area contributed by atoms with Gasteiger partial charge in [-0.2, -0.15) is 4.31 Å². The van der Waals surface area contributed by atoms with Gasteiger partial charge in [0.25, 0.3) is 10.0 Å². The number of aromatic amines is 1. The maximum absolute atomic E-state index is 12.2. The summed E-state index contributed by atoms with van der Waals surface area (Å²) in [6.45, 7) is 0.222. The molecule has 5 nitrogen and oxygen atoms in total. The first-order valence-electron chi connectivity index (χ1n) is 4.69. The third-order valence-corrected chi connectivity index (χ3v) is 6.61. The molecular weight excluding hydrogens is 326 g/mol. The smallest absolute Gasteiger partial charge is 0.253 e. The lowest BCUT2D eigenvalue weighted by Gasteiger charge is -2.14. The highest BCUT2D eigenvalue weighted by atomic mass is 79.9. The monoisotopic (exact) mass is 335 g/mol. The minimum Gasteiger partial charge on any atom is -0.347 e. The lowest BCUT2D eigenvalue weighted by molar-refractivity contribution is 0.459. The van der Waals surface area contributed by atoms with Gasteiger partial charge in [0, 0.05) is 23.9 Å². The van der Waals surface area contributed by atoms with E-state index in [-0.39, 0.29) is 6.54 Å². The Morgan fingerprint density at radius 1 is 1.59 bits per heavy atom. The van der Waals surface area contributed by atoms with Gasteiger partial charge in [-0.1, -0.05) is 0 Å². The summed E-state index contributed by atoms with van der Waals surface area (Å²) in [5, 5.41) is 1.73. The van der Waals surface area contributed by atoms with Gasteiger partial charge in [-0.25, -0.2) is 13.4 Å². The molecular formula is C9H10BrN3O2S2. The van der Waals surface area contributed by atoms with Crippen LogP contribution in [-0.4, -0.2) is 29.7 Å². The zero-order chi connectivity index (χ0) is 12.5. The number of rotatable bonds is 4. The summed E-state index contributed by atoms with van der Waals surface area (Å²) in [4.78, 5) is 6.88. The molecule has 0 aliphatic rings. The first kappa shape index (κ1) is 12.7. The molecule has 0 bridgehead atoms. The Kier molecular flexibility index (Phi) is 3.67. The summed E-state index contributed by atoms with van der Waals surface area (Å²) < 4.78 is 26.6. The maximum atomic E-state index is 12.2. The molecule has 2 heterocycles. The number of hydrogen-bond acceptors (Lipinski definition) is 4. The van der Waals surface area contributed by atoms with Crippen molar-refractivity contribution in [3.63, 3.8) is 0 Å². The summed E-state index contributed by atoms with van der Waals surface area (Å²) in [5.74, 6) is 0.615. The lowest BCUT2D eigenvalue weighted by atomic mass is 10.6. The van der Waals surface area contributed by atoms with Crippen molar-refractivity contribution >= 4 is 37.3 Å². The second-order valence-corrected chi connectivity index (χ2v) is 7.36. The van der Waals surface area contributed by atoms with Gasteiger partial charge in [0.1, 0.15) is 10.0 Å². The second-order valence-electron chi connectivity index (χ2n) is 3.35. The maximum Gasteiger partial charge on any atom is 0.253 e. The van der Waals surface area contributed by atoms with E-state index in [4.69, 9.17) is 0 Å². The lowest BCUT2D eigenvalue weighted by Crippen LogP contribution is -2.26. The van der Waals surface area contributed by atoms with E-state index in [9.17, 15) is 8.42 Å². The normalized spacial score (nSPS) is 12.2. The van der Waals surface area contributed by atoms with Crippen molar-refractivity contribution in [1.82, 2.24) is 14.3 Å². The summed E-state index contributed by atoms with van der Waals surface area (Å²) >= 11 is 4.42. The highest BCUT2D eigenvalue weighted by molar-refractivity contribution is 9.10. The minimum atomic E-state index is -3.46. The second kappa shape index (κ2) is 4.89. The van der Waals surface area contributed by atoms with Crippen LogP contribution in [-0.2, 0) is 16.6 Å². The Labute approximate surface area is 112 Å². The fourth-order valence-corrected chi connectivity index (χ4v) is 4.92. The molecule has 0 radical (unpaired) electrons. The minimum absolute atomic E-state index is 0.222. The van der Waals surface area contributed by atoms with Gasteiger partial charge in [-0.05, 0) is 27.4 Å². The molecule has 92 valence electrons. The van der Waals surface area contributed by atoms with Gasteiger partial charge in [0.2, 0.25) is 0 Å². The molecule has 2 aromatic rings. The molecule has 2 aromatic heterocycles. The van der Waals surface area contributed by atoms with Crippen molar-refractivity contribution in [2.75, 3.05) is 7.05 Å². The third-order valence-electron chi connectivity index (χ3n) is 2.16. The van der Waals surface area contributed by atoms with Crippen LogP contribution < -0.4 is 0 Å². The van der Waals surface area contributed by atoms with Crippen LogP contribution in [0.15, 0.2) is 32.5 Å². The Hall–Kier alpha value is -0.700. The largest absolute Gasteiger partial charge is 0.347 e. The fraction of sp³-hybridized carbons (Fsp3) is 0.222.